The summed E-state index contributed by atoms with van der Waals surface area (Å²) in [4.78, 5) is 12.0. The van der Waals surface area contributed by atoms with E-state index in [1.807, 2.05) is 12.1 Å². The summed E-state index contributed by atoms with van der Waals surface area (Å²) in [5.74, 6) is 1.46. The van der Waals surface area contributed by atoms with Gasteiger partial charge >= 0.3 is 0 Å². The number of hydrazone groups is 1. The fourth-order valence-electron chi connectivity index (χ4n) is 3.27. The van der Waals surface area contributed by atoms with E-state index in [0.29, 0.717) is 17.4 Å². The van der Waals surface area contributed by atoms with Crippen molar-refractivity contribution in [3.05, 3.63) is 35.4 Å². The average Bonchev–Trinajstić information content (AvgIpc) is 3.22. The van der Waals surface area contributed by atoms with Crippen molar-refractivity contribution in [1.82, 2.24) is 5.43 Å². The first-order valence-corrected chi connectivity index (χ1v) is 7.12. The zero-order chi connectivity index (χ0) is 13.9. The Morgan fingerprint density at radius 3 is 2.50 bits per heavy atom. The molecule has 20 heavy (non-hydrogen) atoms. The monoisotopic (exact) mass is 267 g/mol. The Hall–Kier alpha value is -2.15. The third-order valence-corrected chi connectivity index (χ3v) is 4.39. The van der Waals surface area contributed by atoms with Crippen LogP contribution in [0.2, 0.25) is 0 Å². The third-order valence-electron chi connectivity index (χ3n) is 4.39. The molecule has 0 saturated heterocycles. The van der Waals surface area contributed by atoms with Crippen LogP contribution in [0.15, 0.2) is 29.4 Å². The minimum atomic E-state index is 0.0618. The molecule has 0 aliphatic heterocycles. The van der Waals surface area contributed by atoms with E-state index in [2.05, 4.69) is 16.6 Å². The molecular formula is C16H17N3O. The summed E-state index contributed by atoms with van der Waals surface area (Å²) >= 11 is 0. The molecule has 3 rings (SSSR count). The van der Waals surface area contributed by atoms with Gasteiger partial charge in [0.1, 0.15) is 0 Å². The normalized spacial score (nSPS) is 27.6. The molecule has 1 amide bonds. The number of rotatable bonds is 3. The predicted molar refractivity (Wildman–Crippen MR) is 75.8 cm³/mol. The summed E-state index contributed by atoms with van der Waals surface area (Å²) in [6, 6.07) is 9.16. The third kappa shape index (κ3) is 2.57. The summed E-state index contributed by atoms with van der Waals surface area (Å²) in [6.07, 6.45) is 6.54. The van der Waals surface area contributed by atoms with Gasteiger partial charge in [-0.15, -0.1) is 0 Å². The molecule has 1 aromatic rings. The van der Waals surface area contributed by atoms with Gasteiger partial charge < -0.3 is 0 Å². The number of fused-ring (bicyclic) bond motifs is 1. The smallest absolute Gasteiger partial charge is 0.243 e. The Kier molecular flexibility index (Phi) is 3.51. The molecule has 1 aromatic carbocycles. The molecule has 4 heteroatoms. The Balaban J connectivity index is 1.52. The maximum atomic E-state index is 12.0. The number of carbonyl (C=O) groups is 1. The van der Waals surface area contributed by atoms with Crippen molar-refractivity contribution in [1.29, 1.82) is 5.26 Å². The molecule has 2 atom stereocenters. The topological polar surface area (TPSA) is 65.2 Å². The highest BCUT2D eigenvalue weighted by Crippen LogP contribution is 2.55. The maximum Gasteiger partial charge on any atom is 0.243 e. The molecule has 0 radical (unpaired) electrons. The van der Waals surface area contributed by atoms with Crippen LogP contribution in [0, 0.1) is 29.1 Å². The summed E-state index contributed by atoms with van der Waals surface area (Å²) < 4.78 is 0. The standard InChI is InChI=1S/C16H17N3O/c17-9-11-5-7-12(8-6-11)10-18-19-16(20)15-13-3-1-2-4-14(13)15/h5-8,10,13-15H,1-4H2,(H,19,20)/b18-10-/t13-,14-/m0/s1. The number of nitrogens with one attached hydrogen (secondary N) is 1. The molecule has 102 valence electrons. The van der Waals surface area contributed by atoms with Gasteiger partial charge in [-0.1, -0.05) is 25.0 Å². The fourth-order valence-corrected chi connectivity index (χ4v) is 3.27. The lowest BCUT2D eigenvalue weighted by Crippen LogP contribution is -2.20. The van der Waals surface area contributed by atoms with Crippen molar-refractivity contribution in [2.75, 3.05) is 0 Å². The second-order valence-electron chi connectivity index (χ2n) is 5.61. The lowest BCUT2D eigenvalue weighted by atomic mass is 10.0. The highest BCUT2D eigenvalue weighted by molar-refractivity contribution is 5.85. The van der Waals surface area contributed by atoms with Crippen LogP contribution < -0.4 is 5.43 Å². The van der Waals surface area contributed by atoms with Gasteiger partial charge in [-0.05, 0) is 42.4 Å². The number of benzene rings is 1. The molecule has 0 bridgehead atoms. The molecule has 2 saturated carbocycles. The van der Waals surface area contributed by atoms with Gasteiger partial charge in [0.2, 0.25) is 5.91 Å². The summed E-state index contributed by atoms with van der Waals surface area (Å²) in [7, 11) is 0. The van der Waals surface area contributed by atoms with Gasteiger partial charge in [0, 0.05) is 5.92 Å². The molecular weight excluding hydrogens is 250 g/mol. The van der Waals surface area contributed by atoms with Crippen LogP contribution in [0.5, 0.6) is 0 Å². The van der Waals surface area contributed by atoms with E-state index < -0.39 is 0 Å². The molecule has 2 fully saturated rings. The highest BCUT2D eigenvalue weighted by atomic mass is 16.2. The molecule has 2 aliphatic rings. The van der Waals surface area contributed by atoms with Crippen LogP contribution >= 0.6 is 0 Å². The van der Waals surface area contributed by atoms with Gasteiger partial charge in [0.05, 0.1) is 17.8 Å². The minimum absolute atomic E-state index is 0.0618. The molecule has 0 unspecified atom stereocenters. The van der Waals surface area contributed by atoms with Crippen LogP contribution in [-0.4, -0.2) is 12.1 Å². The van der Waals surface area contributed by atoms with Crippen molar-refractivity contribution in [3.8, 4) is 6.07 Å². The first-order valence-electron chi connectivity index (χ1n) is 7.12. The largest absolute Gasteiger partial charge is 0.273 e. The number of nitriles is 1. The Morgan fingerprint density at radius 2 is 1.90 bits per heavy atom. The summed E-state index contributed by atoms with van der Waals surface area (Å²) in [5, 5.41) is 12.7. The Bertz CT molecular complexity index is 558. The van der Waals surface area contributed by atoms with E-state index in [1.165, 1.54) is 25.7 Å². The van der Waals surface area contributed by atoms with Gasteiger partial charge in [-0.3, -0.25) is 4.79 Å². The van der Waals surface area contributed by atoms with E-state index in [1.54, 1.807) is 18.3 Å². The fraction of sp³-hybridized carbons (Fsp3) is 0.438. The summed E-state index contributed by atoms with van der Waals surface area (Å²) in [5.41, 5.74) is 4.14. The number of amides is 1. The van der Waals surface area contributed by atoms with E-state index in [-0.39, 0.29) is 11.8 Å². The average molecular weight is 267 g/mol. The number of hydrogen-bond acceptors (Lipinski definition) is 3. The second kappa shape index (κ2) is 5.46. The Morgan fingerprint density at radius 1 is 1.25 bits per heavy atom. The molecule has 4 nitrogen and oxygen atoms in total. The van der Waals surface area contributed by atoms with Crippen LogP contribution in [0.3, 0.4) is 0 Å². The molecule has 2 aliphatic carbocycles. The van der Waals surface area contributed by atoms with Crippen LogP contribution in [0.1, 0.15) is 36.8 Å². The number of hydrogen-bond donors (Lipinski definition) is 1. The van der Waals surface area contributed by atoms with Crippen molar-refractivity contribution in [2.45, 2.75) is 25.7 Å². The van der Waals surface area contributed by atoms with E-state index in [4.69, 9.17) is 5.26 Å². The van der Waals surface area contributed by atoms with E-state index in [9.17, 15) is 4.79 Å². The molecule has 0 aromatic heterocycles. The Labute approximate surface area is 118 Å². The number of carbonyl (C=O) groups excluding carboxylic acids is 1. The first-order chi connectivity index (χ1) is 9.79. The van der Waals surface area contributed by atoms with Crippen molar-refractivity contribution in [3.63, 3.8) is 0 Å². The van der Waals surface area contributed by atoms with Crippen molar-refractivity contribution in [2.24, 2.45) is 22.9 Å². The van der Waals surface area contributed by atoms with Crippen LogP contribution in [-0.2, 0) is 4.79 Å². The zero-order valence-corrected chi connectivity index (χ0v) is 11.2. The summed E-state index contributed by atoms with van der Waals surface area (Å²) in [6.45, 7) is 0. The van der Waals surface area contributed by atoms with Crippen molar-refractivity contribution >= 4 is 12.1 Å². The predicted octanol–water partition coefficient (Wildman–Crippen LogP) is 2.44. The van der Waals surface area contributed by atoms with Gasteiger partial charge in [0.15, 0.2) is 0 Å². The van der Waals surface area contributed by atoms with Crippen LogP contribution in [0.4, 0.5) is 0 Å². The second-order valence-corrected chi connectivity index (χ2v) is 5.61. The minimum Gasteiger partial charge on any atom is -0.273 e. The molecule has 0 heterocycles. The van der Waals surface area contributed by atoms with E-state index in [0.717, 1.165) is 5.56 Å². The van der Waals surface area contributed by atoms with Crippen LogP contribution in [0.25, 0.3) is 0 Å². The lowest BCUT2D eigenvalue weighted by Gasteiger charge is -2.04. The van der Waals surface area contributed by atoms with Gasteiger partial charge in [-0.25, -0.2) is 5.43 Å². The maximum absolute atomic E-state index is 12.0. The highest BCUT2D eigenvalue weighted by Gasteiger charge is 2.54. The molecule has 1 N–H and O–H groups in total. The lowest BCUT2D eigenvalue weighted by molar-refractivity contribution is -0.122. The molecule has 0 spiro atoms. The zero-order valence-electron chi connectivity index (χ0n) is 11.2. The van der Waals surface area contributed by atoms with Crippen molar-refractivity contribution < 1.29 is 4.79 Å². The quantitative estimate of drug-likeness (QED) is 0.675. The number of nitrogens with zero attached hydrogens (tertiary/aromatic N) is 2. The first kappa shape index (κ1) is 12.9. The van der Waals surface area contributed by atoms with Gasteiger partial charge in [-0.2, -0.15) is 10.4 Å². The van der Waals surface area contributed by atoms with Gasteiger partial charge in [0.25, 0.3) is 0 Å². The van der Waals surface area contributed by atoms with E-state index >= 15 is 0 Å². The SMILES string of the molecule is N#Cc1ccc(/C=N\NC(=O)C2[C@H]3CCCC[C@H]23)cc1.